The Hall–Kier alpha value is -0.900. The highest BCUT2D eigenvalue weighted by Crippen LogP contribution is 2.40. The van der Waals surface area contributed by atoms with Crippen molar-refractivity contribution < 1.29 is 13.2 Å². The van der Waals surface area contributed by atoms with E-state index in [1.807, 2.05) is 0 Å². The second-order valence-corrected chi connectivity index (χ2v) is 4.97. The summed E-state index contributed by atoms with van der Waals surface area (Å²) >= 11 is 17.5. The maximum absolute atomic E-state index is 13.8. The van der Waals surface area contributed by atoms with Gasteiger partial charge in [-0.1, -0.05) is 46.9 Å². The van der Waals surface area contributed by atoms with Gasteiger partial charge in [0.25, 0.3) is 6.43 Å². The van der Waals surface area contributed by atoms with Crippen molar-refractivity contribution in [1.29, 1.82) is 0 Å². The number of alkyl halides is 2. The zero-order valence-corrected chi connectivity index (χ0v) is 11.5. The van der Waals surface area contributed by atoms with Gasteiger partial charge in [-0.3, -0.25) is 0 Å². The number of hydrogen-bond acceptors (Lipinski definition) is 0. The van der Waals surface area contributed by atoms with E-state index in [2.05, 4.69) is 0 Å². The van der Waals surface area contributed by atoms with Crippen molar-refractivity contribution in [2.75, 3.05) is 0 Å². The second-order valence-electron chi connectivity index (χ2n) is 3.75. The smallest absolute Gasteiger partial charge is 0.206 e. The molecule has 0 radical (unpaired) electrons. The van der Waals surface area contributed by atoms with Crippen LogP contribution in [0.25, 0.3) is 11.1 Å². The van der Waals surface area contributed by atoms with Crippen LogP contribution >= 0.6 is 34.8 Å². The molecule has 0 saturated heterocycles. The highest BCUT2D eigenvalue weighted by molar-refractivity contribution is 6.44. The van der Waals surface area contributed by atoms with E-state index in [1.54, 1.807) is 0 Å². The molecule has 0 bridgehead atoms. The zero-order valence-electron chi connectivity index (χ0n) is 9.23. The molecule has 0 aliphatic rings. The van der Waals surface area contributed by atoms with Gasteiger partial charge in [0.15, 0.2) is 0 Å². The number of benzene rings is 2. The lowest BCUT2D eigenvalue weighted by atomic mass is 9.99. The van der Waals surface area contributed by atoms with Crippen LogP contribution in [0.4, 0.5) is 13.2 Å². The first-order chi connectivity index (χ1) is 8.91. The summed E-state index contributed by atoms with van der Waals surface area (Å²) in [6.07, 6.45) is -2.82. The molecule has 0 N–H and O–H groups in total. The predicted molar refractivity (Wildman–Crippen MR) is 71.8 cm³/mol. The average molecular weight is 326 g/mol. The molecule has 0 aromatic heterocycles. The van der Waals surface area contributed by atoms with Crippen LogP contribution in [0.5, 0.6) is 0 Å². The maximum Gasteiger partial charge on any atom is 0.264 e. The van der Waals surface area contributed by atoms with Crippen LogP contribution in [-0.2, 0) is 0 Å². The first kappa shape index (κ1) is 14.5. The summed E-state index contributed by atoms with van der Waals surface area (Å²) in [4.78, 5) is 0. The largest absolute Gasteiger partial charge is 0.264 e. The third-order valence-electron chi connectivity index (χ3n) is 2.56. The Bertz CT molecular complexity index is 627. The number of halogens is 6. The van der Waals surface area contributed by atoms with E-state index in [-0.39, 0.29) is 26.2 Å². The fourth-order valence-electron chi connectivity index (χ4n) is 1.72. The molecule has 2 aromatic rings. The molecule has 100 valence electrons. The predicted octanol–water partition coefficient (Wildman–Crippen LogP) is 6.39. The molecule has 0 heterocycles. The van der Waals surface area contributed by atoms with E-state index < -0.39 is 17.8 Å². The van der Waals surface area contributed by atoms with E-state index in [4.69, 9.17) is 34.8 Å². The van der Waals surface area contributed by atoms with Crippen molar-refractivity contribution in [2.24, 2.45) is 0 Å². The molecule has 6 heteroatoms. The van der Waals surface area contributed by atoms with E-state index in [9.17, 15) is 13.2 Å². The molecule has 0 fully saturated rings. The van der Waals surface area contributed by atoms with Gasteiger partial charge in [-0.15, -0.1) is 0 Å². The van der Waals surface area contributed by atoms with E-state index in [0.29, 0.717) is 0 Å². The van der Waals surface area contributed by atoms with Crippen molar-refractivity contribution in [3.63, 3.8) is 0 Å². The minimum Gasteiger partial charge on any atom is -0.206 e. The van der Waals surface area contributed by atoms with Gasteiger partial charge in [0.2, 0.25) is 0 Å². The minimum atomic E-state index is -2.82. The summed E-state index contributed by atoms with van der Waals surface area (Å²) in [6.45, 7) is 0. The summed E-state index contributed by atoms with van der Waals surface area (Å²) < 4.78 is 39.7. The summed E-state index contributed by atoms with van der Waals surface area (Å²) in [7, 11) is 0. The van der Waals surface area contributed by atoms with Gasteiger partial charge >= 0.3 is 0 Å². The van der Waals surface area contributed by atoms with Crippen molar-refractivity contribution in [3.8, 4) is 11.1 Å². The minimum absolute atomic E-state index is 0.0569. The lowest BCUT2D eigenvalue weighted by molar-refractivity contribution is 0.151. The molecular formula is C13H6Cl3F3. The molecule has 0 aliphatic heterocycles. The van der Waals surface area contributed by atoms with Crippen LogP contribution in [0.15, 0.2) is 30.3 Å². The van der Waals surface area contributed by atoms with E-state index in [1.165, 1.54) is 18.2 Å². The van der Waals surface area contributed by atoms with Crippen LogP contribution < -0.4 is 0 Å². The molecule has 0 spiro atoms. The van der Waals surface area contributed by atoms with Crippen molar-refractivity contribution in [2.45, 2.75) is 6.43 Å². The summed E-state index contributed by atoms with van der Waals surface area (Å²) in [6, 6.07) is 6.01. The molecule has 0 unspecified atom stereocenters. The molecule has 0 amide bonds. The topological polar surface area (TPSA) is 0 Å². The Labute approximate surface area is 122 Å². The summed E-state index contributed by atoms with van der Waals surface area (Å²) in [5.74, 6) is -0.793. The first-order valence-corrected chi connectivity index (χ1v) is 6.26. The molecular weight excluding hydrogens is 319 g/mol. The van der Waals surface area contributed by atoms with Gasteiger partial charge in [0.1, 0.15) is 5.82 Å². The van der Waals surface area contributed by atoms with Crippen LogP contribution in [0.2, 0.25) is 15.1 Å². The van der Waals surface area contributed by atoms with Gasteiger partial charge in [-0.2, -0.15) is 0 Å². The van der Waals surface area contributed by atoms with Gasteiger partial charge in [0.05, 0.1) is 15.1 Å². The SMILES string of the molecule is Fc1cccc(C(F)F)c1-c1cc(Cl)c(Cl)cc1Cl. The molecule has 0 saturated carbocycles. The Morgan fingerprint density at radius 1 is 0.895 bits per heavy atom. The maximum atomic E-state index is 13.8. The molecule has 2 rings (SSSR count). The van der Waals surface area contributed by atoms with Gasteiger partial charge in [-0.25, -0.2) is 13.2 Å². The standard InChI is InChI=1S/C13H6Cl3F3/c14-8-5-10(16)9(15)4-7(8)12-6(13(18)19)2-1-3-11(12)17/h1-5,13H. The van der Waals surface area contributed by atoms with Crippen LogP contribution in [0, 0.1) is 5.82 Å². The summed E-state index contributed by atoms with van der Waals surface area (Å²) in [5.41, 5.74) is -0.620. The Morgan fingerprint density at radius 3 is 2.16 bits per heavy atom. The summed E-state index contributed by atoms with van der Waals surface area (Å²) in [5, 5.41) is 0.344. The number of rotatable bonds is 2. The van der Waals surface area contributed by atoms with E-state index >= 15 is 0 Å². The third kappa shape index (κ3) is 2.83. The molecule has 0 aliphatic carbocycles. The average Bonchev–Trinajstić information content (AvgIpc) is 2.34. The quantitative estimate of drug-likeness (QED) is 0.561. The molecule has 19 heavy (non-hydrogen) atoms. The molecule has 0 atom stereocenters. The first-order valence-electron chi connectivity index (χ1n) is 5.13. The lowest BCUT2D eigenvalue weighted by Gasteiger charge is -2.12. The third-order valence-corrected chi connectivity index (χ3v) is 3.60. The molecule has 2 aromatic carbocycles. The van der Waals surface area contributed by atoms with Crippen LogP contribution in [-0.4, -0.2) is 0 Å². The highest BCUT2D eigenvalue weighted by Gasteiger charge is 2.20. The normalized spacial score (nSPS) is 11.1. The Kier molecular flexibility index (Phi) is 4.29. The lowest BCUT2D eigenvalue weighted by Crippen LogP contribution is -1.95. The van der Waals surface area contributed by atoms with Gasteiger partial charge < -0.3 is 0 Å². The Morgan fingerprint density at radius 2 is 1.53 bits per heavy atom. The molecule has 0 nitrogen and oxygen atoms in total. The van der Waals surface area contributed by atoms with Gasteiger partial charge in [-0.05, 0) is 18.2 Å². The fourth-order valence-corrected chi connectivity index (χ4v) is 2.36. The van der Waals surface area contributed by atoms with Crippen molar-refractivity contribution in [1.82, 2.24) is 0 Å². The monoisotopic (exact) mass is 324 g/mol. The second kappa shape index (κ2) is 5.61. The fraction of sp³-hybridized carbons (Fsp3) is 0.0769. The zero-order chi connectivity index (χ0) is 14.2. The number of hydrogen-bond donors (Lipinski definition) is 0. The van der Waals surface area contributed by atoms with Crippen molar-refractivity contribution in [3.05, 3.63) is 56.8 Å². The van der Waals surface area contributed by atoms with Crippen LogP contribution in [0.1, 0.15) is 12.0 Å². The highest BCUT2D eigenvalue weighted by atomic mass is 35.5. The van der Waals surface area contributed by atoms with Crippen molar-refractivity contribution >= 4 is 34.8 Å². The van der Waals surface area contributed by atoms with Gasteiger partial charge in [0, 0.05) is 16.7 Å². The Balaban J connectivity index is 2.75. The van der Waals surface area contributed by atoms with E-state index in [0.717, 1.165) is 12.1 Å². The van der Waals surface area contributed by atoms with Crippen LogP contribution in [0.3, 0.4) is 0 Å².